The average molecular weight is 651 g/mol. The standard InChI is InChI=1S/C38H38N2O6S/c1-38(39,47(43,44)45)36(41)31-17-15-26(16-18-31)25-33(29-21-19-28(20-22-29)27-9-4-2-5-10-27)37(42)40(32-12-6-3-7-13-32)35-24-23-30-11-8-14-34(30)46-35/h3,6-8,11-24,27,33H,2,4-5,9-10,25,39H2,1H3,(H,43,44,45). The van der Waals surface area contributed by atoms with Crippen molar-refractivity contribution in [3.8, 4) is 11.3 Å². The van der Waals surface area contributed by atoms with Crippen LogP contribution in [0.15, 0.2) is 114 Å². The molecule has 3 aromatic rings. The first-order chi connectivity index (χ1) is 22.5. The lowest BCUT2D eigenvalue weighted by Crippen LogP contribution is -2.51. The number of fused-ring (bicyclic) bond motifs is 1. The summed E-state index contributed by atoms with van der Waals surface area (Å²) in [5.41, 5.74) is 10.2. The molecule has 1 aliphatic heterocycles. The van der Waals surface area contributed by atoms with Gasteiger partial charge in [-0.3, -0.25) is 19.0 Å². The lowest BCUT2D eigenvalue weighted by molar-refractivity contribution is -0.119. The molecule has 1 fully saturated rings. The number of amides is 1. The molecule has 0 radical (unpaired) electrons. The van der Waals surface area contributed by atoms with E-state index in [1.54, 1.807) is 23.1 Å². The van der Waals surface area contributed by atoms with Crippen molar-refractivity contribution < 1.29 is 27.0 Å². The molecule has 47 heavy (non-hydrogen) atoms. The zero-order chi connectivity index (χ0) is 33.2. The molecule has 0 aromatic heterocycles. The Hall–Kier alpha value is -4.57. The monoisotopic (exact) mass is 650 g/mol. The summed E-state index contributed by atoms with van der Waals surface area (Å²) in [5, 5.41) is 0. The van der Waals surface area contributed by atoms with Gasteiger partial charge >= 0.3 is 0 Å². The topological polar surface area (TPSA) is 131 Å². The summed E-state index contributed by atoms with van der Waals surface area (Å²) in [6, 6.07) is 33.5. The number of hydrogen-bond acceptors (Lipinski definition) is 6. The summed E-state index contributed by atoms with van der Waals surface area (Å²) in [6.45, 7) is 0.959. The molecule has 3 N–H and O–H groups in total. The normalized spacial score (nSPS) is 16.0. The molecule has 9 heteroatoms. The fraction of sp³-hybridized carbons (Fsp3) is 0.263. The van der Waals surface area contributed by atoms with Crippen LogP contribution in [0.5, 0.6) is 0 Å². The molecule has 0 spiro atoms. The molecule has 1 heterocycles. The Labute approximate surface area is 275 Å². The van der Waals surface area contributed by atoms with E-state index in [2.05, 4.69) is 12.1 Å². The second-order valence-electron chi connectivity index (χ2n) is 12.5. The Kier molecular flexibility index (Phi) is 9.14. The zero-order valence-electron chi connectivity index (χ0n) is 26.2. The first-order valence-electron chi connectivity index (χ1n) is 15.9. The molecule has 0 bridgehead atoms. The number of nitrogens with two attached hydrogens (primary N) is 1. The van der Waals surface area contributed by atoms with E-state index in [1.165, 1.54) is 49.8 Å². The minimum Gasteiger partial charge on any atom is -0.440 e. The molecule has 1 amide bonds. The van der Waals surface area contributed by atoms with Gasteiger partial charge in [-0.2, -0.15) is 8.42 Å². The summed E-state index contributed by atoms with van der Waals surface area (Å²) in [7, 11) is -4.84. The highest BCUT2D eigenvalue weighted by molar-refractivity contribution is 7.88. The smallest absolute Gasteiger partial charge is 0.291 e. The van der Waals surface area contributed by atoms with E-state index in [1.807, 2.05) is 66.7 Å². The number of nitrogens with zero attached hydrogens (tertiary/aromatic N) is 1. The first-order valence-corrected chi connectivity index (χ1v) is 17.3. The van der Waals surface area contributed by atoms with Crippen LogP contribution in [-0.4, -0.2) is 29.5 Å². The SMILES string of the molecule is CC(N)(C(=O)c1ccc(CC(C(=O)N(c2ccccc2)c2ccc3cccc-3o2)c2ccc(C3CCCCC3)cc2)cc1)S(=O)(=O)O. The van der Waals surface area contributed by atoms with E-state index in [-0.39, 0.29) is 17.9 Å². The van der Waals surface area contributed by atoms with Crippen LogP contribution in [0, 0.1) is 0 Å². The Balaban J connectivity index is 1.38. The average Bonchev–Trinajstić information content (AvgIpc) is 3.56. The fourth-order valence-electron chi connectivity index (χ4n) is 6.39. The molecule has 6 rings (SSSR count). The predicted octanol–water partition coefficient (Wildman–Crippen LogP) is 7.87. The Morgan fingerprint density at radius 3 is 2.21 bits per heavy atom. The summed E-state index contributed by atoms with van der Waals surface area (Å²) < 4.78 is 39.3. The second kappa shape index (κ2) is 13.3. The van der Waals surface area contributed by atoms with Crippen LogP contribution >= 0.6 is 0 Å². The van der Waals surface area contributed by atoms with Crippen molar-refractivity contribution in [1.82, 2.24) is 0 Å². The van der Waals surface area contributed by atoms with Crippen molar-refractivity contribution in [2.45, 2.75) is 62.2 Å². The Bertz CT molecular complexity index is 1930. The number of carbonyl (C=O) groups excluding carboxylic acids is 2. The summed E-state index contributed by atoms with van der Waals surface area (Å²) >= 11 is 0. The van der Waals surface area contributed by atoms with Gasteiger partial charge in [-0.1, -0.05) is 98.1 Å². The molecule has 0 saturated heterocycles. The molecule has 2 atom stereocenters. The third-order valence-corrected chi connectivity index (χ3v) is 10.5. The predicted molar refractivity (Wildman–Crippen MR) is 183 cm³/mol. The molecule has 3 aliphatic rings. The molecule has 2 aliphatic carbocycles. The van der Waals surface area contributed by atoms with E-state index in [4.69, 9.17) is 10.2 Å². The van der Waals surface area contributed by atoms with E-state index in [0.717, 1.165) is 23.6 Å². The highest BCUT2D eigenvalue weighted by Gasteiger charge is 2.42. The minimum absolute atomic E-state index is 0.0313. The molecule has 242 valence electrons. The molecule has 3 aromatic carbocycles. The van der Waals surface area contributed by atoms with Crippen molar-refractivity contribution >= 4 is 33.4 Å². The van der Waals surface area contributed by atoms with E-state index in [9.17, 15) is 22.6 Å². The van der Waals surface area contributed by atoms with Crippen molar-refractivity contribution in [1.29, 1.82) is 0 Å². The van der Waals surface area contributed by atoms with Gasteiger partial charge in [0.15, 0.2) is 5.78 Å². The molecule has 8 nitrogen and oxygen atoms in total. The summed E-state index contributed by atoms with van der Waals surface area (Å²) in [4.78, 5) is 26.8. The van der Waals surface area contributed by atoms with Crippen LogP contribution < -0.4 is 10.6 Å². The molecule has 1 saturated carbocycles. The van der Waals surface area contributed by atoms with Crippen molar-refractivity contribution in [3.63, 3.8) is 0 Å². The molecular formula is C38H38N2O6S. The van der Waals surface area contributed by atoms with E-state index in [0.29, 0.717) is 23.2 Å². The zero-order valence-corrected chi connectivity index (χ0v) is 27.0. The first kappa shape index (κ1) is 32.4. The third kappa shape index (κ3) is 6.79. The number of ketones is 1. The number of hydrogen-bond donors (Lipinski definition) is 2. The maximum atomic E-state index is 14.8. The van der Waals surface area contributed by atoms with Crippen LogP contribution in [0.4, 0.5) is 11.6 Å². The molecular weight excluding hydrogens is 612 g/mol. The number of para-hydroxylation sites is 1. The summed E-state index contributed by atoms with van der Waals surface area (Å²) in [6.07, 6.45) is 6.34. The van der Waals surface area contributed by atoms with Crippen molar-refractivity contribution in [3.05, 3.63) is 131 Å². The van der Waals surface area contributed by atoms with Gasteiger partial charge in [0.05, 0.1) is 11.6 Å². The Morgan fingerprint density at radius 1 is 0.872 bits per heavy atom. The van der Waals surface area contributed by atoms with Gasteiger partial charge in [-0.25, -0.2) is 0 Å². The van der Waals surface area contributed by atoms with Gasteiger partial charge in [0.25, 0.3) is 10.1 Å². The lowest BCUT2D eigenvalue weighted by Gasteiger charge is -2.28. The largest absolute Gasteiger partial charge is 0.440 e. The van der Waals surface area contributed by atoms with Gasteiger partial charge < -0.3 is 10.2 Å². The van der Waals surface area contributed by atoms with Crippen LogP contribution in [0.1, 0.15) is 77.9 Å². The minimum atomic E-state index is -4.84. The van der Waals surface area contributed by atoms with Gasteiger partial charge in [-0.05, 0) is 73.1 Å². The van der Waals surface area contributed by atoms with Gasteiger partial charge in [-0.15, -0.1) is 0 Å². The number of benzene rings is 3. The quantitative estimate of drug-likeness (QED) is 0.116. The second-order valence-corrected chi connectivity index (χ2v) is 14.3. The lowest BCUT2D eigenvalue weighted by atomic mass is 9.82. The van der Waals surface area contributed by atoms with E-state index >= 15 is 0 Å². The van der Waals surface area contributed by atoms with Crippen LogP contribution in [-0.2, 0) is 21.3 Å². The maximum absolute atomic E-state index is 14.8. The molecule has 2 unspecified atom stereocenters. The summed E-state index contributed by atoms with van der Waals surface area (Å²) in [5.74, 6) is -0.197. The van der Waals surface area contributed by atoms with Gasteiger partial charge in [0.1, 0.15) is 5.76 Å². The van der Waals surface area contributed by atoms with Crippen LogP contribution in [0.3, 0.4) is 0 Å². The fourth-order valence-corrected chi connectivity index (χ4v) is 6.74. The third-order valence-electron chi connectivity index (χ3n) is 9.24. The van der Waals surface area contributed by atoms with Gasteiger partial charge in [0.2, 0.25) is 16.7 Å². The van der Waals surface area contributed by atoms with Crippen molar-refractivity contribution in [2.75, 3.05) is 4.90 Å². The number of rotatable bonds is 10. The number of carbonyl (C=O) groups is 2. The van der Waals surface area contributed by atoms with E-state index < -0.39 is 26.7 Å². The van der Waals surface area contributed by atoms with Gasteiger partial charge in [0, 0.05) is 17.2 Å². The highest BCUT2D eigenvalue weighted by atomic mass is 32.2. The van der Waals surface area contributed by atoms with Crippen molar-refractivity contribution in [2.24, 2.45) is 5.73 Å². The highest BCUT2D eigenvalue weighted by Crippen LogP contribution is 2.37. The number of anilines is 2. The van der Waals surface area contributed by atoms with Crippen LogP contribution in [0.25, 0.3) is 11.3 Å². The Morgan fingerprint density at radius 2 is 1.55 bits per heavy atom. The maximum Gasteiger partial charge on any atom is 0.291 e. The number of Topliss-reactive ketones (excluding diaryl/α,β-unsaturated/α-hetero) is 1. The van der Waals surface area contributed by atoms with Crippen LogP contribution in [0.2, 0.25) is 0 Å².